The Balaban J connectivity index is 4.33. The molecule has 0 aromatic carbocycles. The summed E-state index contributed by atoms with van der Waals surface area (Å²) in [6, 6.07) is 0. The Morgan fingerprint density at radius 1 is 0.284 bits per heavy atom. The second kappa shape index (κ2) is 56.5. The lowest BCUT2D eigenvalue weighted by Gasteiger charge is -2.18. The van der Waals surface area contributed by atoms with Crippen molar-refractivity contribution in [2.24, 2.45) is 0 Å². The Labute approximate surface area is 417 Å². The van der Waals surface area contributed by atoms with Crippen molar-refractivity contribution >= 4 is 17.9 Å². The fourth-order valence-electron chi connectivity index (χ4n) is 8.91. The van der Waals surface area contributed by atoms with Crippen LogP contribution in [0.3, 0.4) is 0 Å². The fraction of sp³-hybridized carbons (Fsp3) is 0.885. The maximum absolute atomic E-state index is 12.9. The molecular formula is C61H114O6. The van der Waals surface area contributed by atoms with Gasteiger partial charge in [-0.05, 0) is 70.6 Å². The topological polar surface area (TPSA) is 78.9 Å². The summed E-state index contributed by atoms with van der Waals surface area (Å²) in [7, 11) is 0. The van der Waals surface area contributed by atoms with Crippen LogP contribution in [0.25, 0.3) is 0 Å². The summed E-state index contributed by atoms with van der Waals surface area (Å²) in [4.78, 5) is 38.2. The number of hydrogen-bond donors (Lipinski definition) is 0. The zero-order valence-electron chi connectivity index (χ0n) is 45.2. The highest BCUT2D eigenvalue weighted by atomic mass is 16.6. The molecule has 0 amide bonds. The van der Waals surface area contributed by atoms with Crippen LogP contribution in [-0.2, 0) is 28.6 Å². The van der Waals surface area contributed by atoms with Crippen LogP contribution < -0.4 is 0 Å². The van der Waals surface area contributed by atoms with E-state index >= 15 is 0 Å². The number of esters is 3. The number of allylic oxidation sites excluding steroid dienone is 4. The minimum absolute atomic E-state index is 0.0748. The molecule has 0 aliphatic heterocycles. The summed E-state index contributed by atoms with van der Waals surface area (Å²) in [5.74, 6) is -0.878. The summed E-state index contributed by atoms with van der Waals surface area (Å²) in [5, 5.41) is 0. The van der Waals surface area contributed by atoms with Gasteiger partial charge in [0.1, 0.15) is 13.2 Å². The number of unbranched alkanes of at least 4 members (excludes halogenated alkanes) is 40. The Hall–Kier alpha value is -2.11. The largest absolute Gasteiger partial charge is 0.462 e. The van der Waals surface area contributed by atoms with Crippen LogP contribution in [0.4, 0.5) is 0 Å². The van der Waals surface area contributed by atoms with Crippen molar-refractivity contribution < 1.29 is 28.6 Å². The van der Waals surface area contributed by atoms with Crippen LogP contribution >= 0.6 is 0 Å². The van der Waals surface area contributed by atoms with Crippen LogP contribution in [0, 0.1) is 0 Å². The molecule has 67 heavy (non-hydrogen) atoms. The maximum atomic E-state index is 12.9. The Morgan fingerprint density at radius 3 is 0.761 bits per heavy atom. The molecule has 0 radical (unpaired) electrons. The summed E-state index contributed by atoms with van der Waals surface area (Å²) in [5.41, 5.74) is 0. The lowest BCUT2D eigenvalue weighted by molar-refractivity contribution is -0.167. The van der Waals surface area contributed by atoms with Crippen LogP contribution in [0.15, 0.2) is 24.3 Å². The van der Waals surface area contributed by atoms with Crippen molar-refractivity contribution in [2.75, 3.05) is 13.2 Å². The molecule has 0 spiro atoms. The molecule has 0 bridgehead atoms. The number of rotatable bonds is 55. The molecule has 0 rings (SSSR count). The highest BCUT2D eigenvalue weighted by molar-refractivity contribution is 5.71. The van der Waals surface area contributed by atoms with E-state index in [1.54, 1.807) is 0 Å². The molecule has 6 nitrogen and oxygen atoms in total. The zero-order valence-corrected chi connectivity index (χ0v) is 45.2. The standard InChI is InChI=1S/C61H114O6/c1-4-7-10-13-16-19-22-25-28-30-31-32-34-36-39-42-45-48-51-54-60(63)66-57-58(56-65-59(62)53-50-47-44-41-38-35-27-24-21-18-15-12-9-6-3)67-61(64)55-52-49-46-43-40-37-33-29-26-23-20-17-14-11-8-5-2/h29,33,35,38,58H,4-28,30-32,34,36-37,39-57H2,1-3H3/b33-29-,38-35-. The molecule has 0 aliphatic rings. The van der Waals surface area contributed by atoms with E-state index in [2.05, 4.69) is 45.1 Å². The second-order valence-corrected chi connectivity index (χ2v) is 20.3. The zero-order chi connectivity index (χ0) is 48.6. The van der Waals surface area contributed by atoms with Gasteiger partial charge in [-0.2, -0.15) is 0 Å². The third-order valence-electron chi connectivity index (χ3n) is 13.4. The summed E-state index contributed by atoms with van der Waals surface area (Å²) in [6.45, 7) is 6.67. The van der Waals surface area contributed by atoms with Gasteiger partial charge < -0.3 is 14.2 Å². The molecule has 0 saturated carbocycles. The van der Waals surface area contributed by atoms with E-state index in [4.69, 9.17) is 14.2 Å². The first-order valence-electron chi connectivity index (χ1n) is 29.8. The molecule has 0 aromatic heterocycles. The number of hydrogen-bond acceptors (Lipinski definition) is 6. The molecule has 0 heterocycles. The Bertz CT molecular complexity index is 1080. The van der Waals surface area contributed by atoms with Gasteiger partial charge in [0.15, 0.2) is 6.10 Å². The first-order chi connectivity index (χ1) is 33.0. The van der Waals surface area contributed by atoms with Crippen LogP contribution in [-0.4, -0.2) is 37.2 Å². The van der Waals surface area contributed by atoms with E-state index in [0.29, 0.717) is 19.3 Å². The number of carbonyl (C=O) groups excluding carboxylic acids is 3. The molecule has 0 aliphatic carbocycles. The van der Waals surface area contributed by atoms with Crippen molar-refractivity contribution in [1.82, 2.24) is 0 Å². The average Bonchev–Trinajstić information content (AvgIpc) is 3.33. The van der Waals surface area contributed by atoms with Crippen molar-refractivity contribution in [3.63, 3.8) is 0 Å². The summed E-state index contributed by atoms with van der Waals surface area (Å²) < 4.78 is 16.9. The maximum Gasteiger partial charge on any atom is 0.306 e. The lowest BCUT2D eigenvalue weighted by Crippen LogP contribution is -2.30. The average molecular weight is 944 g/mol. The molecule has 0 aromatic rings. The molecule has 394 valence electrons. The lowest BCUT2D eigenvalue weighted by atomic mass is 10.0. The summed E-state index contributed by atoms with van der Waals surface area (Å²) >= 11 is 0. The number of ether oxygens (including phenoxy) is 3. The molecule has 0 saturated heterocycles. The Kier molecular flexibility index (Phi) is 54.7. The first kappa shape index (κ1) is 64.9. The minimum atomic E-state index is -0.778. The van der Waals surface area contributed by atoms with E-state index < -0.39 is 6.10 Å². The van der Waals surface area contributed by atoms with Gasteiger partial charge in [0.25, 0.3) is 0 Å². The van der Waals surface area contributed by atoms with E-state index in [1.807, 2.05) is 0 Å². The van der Waals surface area contributed by atoms with Gasteiger partial charge in [0.2, 0.25) is 0 Å². The normalized spacial score (nSPS) is 12.1. The number of carbonyl (C=O) groups is 3. The van der Waals surface area contributed by atoms with E-state index in [1.165, 1.54) is 212 Å². The first-order valence-corrected chi connectivity index (χ1v) is 29.8. The molecule has 0 fully saturated rings. The molecule has 6 heteroatoms. The smallest absolute Gasteiger partial charge is 0.306 e. The van der Waals surface area contributed by atoms with Gasteiger partial charge >= 0.3 is 17.9 Å². The van der Waals surface area contributed by atoms with Gasteiger partial charge in [-0.1, -0.05) is 263 Å². The summed E-state index contributed by atoms with van der Waals surface area (Å²) in [6.07, 6.45) is 66.0. The quantitative estimate of drug-likeness (QED) is 0.0262. The third kappa shape index (κ3) is 54.7. The molecule has 1 unspecified atom stereocenters. The monoisotopic (exact) mass is 943 g/mol. The van der Waals surface area contributed by atoms with Crippen molar-refractivity contribution in [3.05, 3.63) is 24.3 Å². The van der Waals surface area contributed by atoms with Gasteiger partial charge in [-0.3, -0.25) is 14.4 Å². The Morgan fingerprint density at radius 2 is 0.493 bits per heavy atom. The van der Waals surface area contributed by atoms with Crippen molar-refractivity contribution in [3.8, 4) is 0 Å². The van der Waals surface area contributed by atoms with Crippen LogP contribution in [0.5, 0.6) is 0 Å². The van der Waals surface area contributed by atoms with Crippen LogP contribution in [0.2, 0.25) is 0 Å². The highest BCUT2D eigenvalue weighted by Gasteiger charge is 2.19. The van der Waals surface area contributed by atoms with E-state index in [0.717, 1.165) is 77.0 Å². The van der Waals surface area contributed by atoms with Crippen LogP contribution in [0.1, 0.15) is 329 Å². The van der Waals surface area contributed by atoms with Gasteiger partial charge in [-0.25, -0.2) is 0 Å². The van der Waals surface area contributed by atoms with E-state index in [-0.39, 0.29) is 31.1 Å². The molecular weight excluding hydrogens is 829 g/mol. The van der Waals surface area contributed by atoms with Gasteiger partial charge in [-0.15, -0.1) is 0 Å². The molecule has 1 atom stereocenters. The van der Waals surface area contributed by atoms with Crippen molar-refractivity contribution in [1.29, 1.82) is 0 Å². The van der Waals surface area contributed by atoms with E-state index in [9.17, 15) is 14.4 Å². The fourth-order valence-corrected chi connectivity index (χ4v) is 8.91. The van der Waals surface area contributed by atoms with Crippen molar-refractivity contribution in [2.45, 2.75) is 335 Å². The SMILES string of the molecule is CCCCCCCCC/C=C\CCCCCCCC(=O)OC(COC(=O)CCCCC/C=C\CCCCCCCCC)COC(=O)CCCCCCCCCCCCCCCCCCCCC. The third-order valence-corrected chi connectivity index (χ3v) is 13.4. The molecule has 0 N–H and O–H groups in total. The van der Waals surface area contributed by atoms with Gasteiger partial charge in [0, 0.05) is 19.3 Å². The predicted octanol–water partition coefficient (Wildman–Crippen LogP) is 19.9. The second-order valence-electron chi connectivity index (χ2n) is 20.3. The highest BCUT2D eigenvalue weighted by Crippen LogP contribution is 2.17. The predicted molar refractivity (Wildman–Crippen MR) is 289 cm³/mol. The minimum Gasteiger partial charge on any atom is -0.462 e. The van der Waals surface area contributed by atoms with Gasteiger partial charge in [0.05, 0.1) is 0 Å².